The molecule has 2 aliphatic rings. The fourth-order valence-electron chi connectivity index (χ4n) is 3.85. The molecule has 3 rings (SSSR count). The summed E-state index contributed by atoms with van der Waals surface area (Å²) in [7, 11) is 0. The second-order valence-electron chi connectivity index (χ2n) is 7.17. The number of morpholine rings is 1. The van der Waals surface area contributed by atoms with Gasteiger partial charge in [-0.25, -0.2) is 0 Å². The zero-order valence-corrected chi connectivity index (χ0v) is 15.3. The van der Waals surface area contributed by atoms with Gasteiger partial charge in [0.2, 0.25) is 5.91 Å². The van der Waals surface area contributed by atoms with Crippen LogP contribution >= 0.6 is 0 Å². The SMILES string of the molecule is C[C@H](NC(=O)CCN1CCC(N2CCOCC2)CC1)c1ccccc1. The highest BCUT2D eigenvalue weighted by molar-refractivity contribution is 5.76. The number of hydrogen-bond donors (Lipinski definition) is 1. The van der Waals surface area contributed by atoms with E-state index in [1.54, 1.807) is 0 Å². The van der Waals surface area contributed by atoms with E-state index in [0.717, 1.165) is 51.5 Å². The molecule has 0 bridgehead atoms. The van der Waals surface area contributed by atoms with Crippen LogP contribution in [0.4, 0.5) is 0 Å². The van der Waals surface area contributed by atoms with E-state index in [1.807, 2.05) is 25.1 Å². The third-order valence-corrected chi connectivity index (χ3v) is 5.45. The number of piperidine rings is 1. The Hall–Kier alpha value is -1.43. The summed E-state index contributed by atoms with van der Waals surface area (Å²) in [6.07, 6.45) is 3.00. The summed E-state index contributed by atoms with van der Waals surface area (Å²) in [5.41, 5.74) is 1.15. The molecule has 5 nitrogen and oxygen atoms in total. The van der Waals surface area contributed by atoms with Crippen LogP contribution < -0.4 is 5.32 Å². The second kappa shape index (κ2) is 9.32. The Kier molecular flexibility index (Phi) is 6.84. The van der Waals surface area contributed by atoms with Crippen molar-refractivity contribution < 1.29 is 9.53 Å². The number of likely N-dealkylation sites (tertiary alicyclic amines) is 1. The Labute approximate surface area is 151 Å². The van der Waals surface area contributed by atoms with E-state index in [-0.39, 0.29) is 11.9 Å². The normalized spacial score (nSPS) is 21.8. The van der Waals surface area contributed by atoms with Gasteiger partial charge in [0.1, 0.15) is 0 Å². The third kappa shape index (κ3) is 5.53. The lowest BCUT2D eigenvalue weighted by atomic mass is 10.0. The molecule has 0 saturated carbocycles. The lowest BCUT2D eigenvalue weighted by molar-refractivity contribution is -0.122. The van der Waals surface area contributed by atoms with E-state index < -0.39 is 0 Å². The number of hydrogen-bond acceptors (Lipinski definition) is 4. The molecule has 0 spiro atoms. The van der Waals surface area contributed by atoms with Crippen LogP contribution in [-0.4, -0.2) is 67.7 Å². The molecule has 1 amide bonds. The zero-order chi connectivity index (χ0) is 17.5. The van der Waals surface area contributed by atoms with Gasteiger partial charge in [-0.2, -0.15) is 0 Å². The average molecular weight is 345 g/mol. The lowest BCUT2D eigenvalue weighted by Crippen LogP contribution is -2.49. The van der Waals surface area contributed by atoms with Crippen molar-refractivity contribution in [2.45, 2.75) is 38.3 Å². The van der Waals surface area contributed by atoms with Crippen molar-refractivity contribution in [2.24, 2.45) is 0 Å². The van der Waals surface area contributed by atoms with Crippen molar-refractivity contribution in [3.05, 3.63) is 35.9 Å². The van der Waals surface area contributed by atoms with Crippen LogP contribution in [0.2, 0.25) is 0 Å². The van der Waals surface area contributed by atoms with Gasteiger partial charge in [0.25, 0.3) is 0 Å². The highest BCUT2D eigenvalue weighted by Crippen LogP contribution is 2.18. The number of nitrogens with zero attached hydrogens (tertiary/aromatic N) is 2. The van der Waals surface area contributed by atoms with Gasteiger partial charge in [0.15, 0.2) is 0 Å². The Morgan fingerprint density at radius 1 is 1.16 bits per heavy atom. The molecule has 2 fully saturated rings. The third-order valence-electron chi connectivity index (χ3n) is 5.45. The molecule has 0 aromatic heterocycles. The van der Waals surface area contributed by atoms with E-state index in [2.05, 4.69) is 27.2 Å². The molecular weight excluding hydrogens is 314 g/mol. The van der Waals surface area contributed by atoms with Crippen molar-refractivity contribution in [3.8, 4) is 0 Å². The molecule has 1 atom stereocenters. The molecule has 2 heterocycles. The summed E-state index contributed by atoms with van der Waals surface area (Å²) in [6.45, 7) is 9.01. The fraction of sp³-hybridized carbons (Fsp3) is 0.650. The summed E-state index contributed by atoms with van der Waals surface area (Å²) in [5.74, 6) is 0.145. The van der Waals surface area contributed by atoms with Gasteiger partial charge in [0, 0.05) is 32.1 Å². The molecular formula is C20H31N3O2. The molecule has 2 saturated heterocycles. The van der Waals surface area contributed by atoms with Crippen LogP contribution in [-0.2, 0) is 9.53 Å². The predicted molar refractivity (Wildman–Crippen MR) is 99.5 cm³/mol. The maximum absolute atomic E-state index is 12.2. The number of carbonyl (C=O) groups excluding carboxylic acids is 1. The van der Waals surface area contributed by atoms with E-state index in [0.29, 0.717) is 12.5 Å². The topological polar surface area (TPSA) is 44.8 Å². The van der Waals surface area contributed by atoms with Crippen LogP contribution in [0.25, 0.3) is 0 Å². The van der Waals surface area contributed by atoms with Gasteiger partial charge in [-0.05, 0) is 38.4 Å². The monoisotopic (exact) mass is 345 g/mol. The smallest absolute Gasteiger partial charge is 0.221 e. The molecule has 0 unspecified atom stereocenters. The van der Waals surface area contributed by atoms with Crippen molar-refractivity contribution in [1.82, 2.24) is 15.1 Å². The molecule has 0 aliphatic carbocycles. The van der Waals surface area contributed by atoms with Gasteiger partial charge >= 0.3 is 0 Å². The summed E-state index contributed by atoms with van der Waals surface area (Å²) >= 11 is 0. The van der Waals surface area contributed by atoms with Gasteiger partial charge in [-0.15, -0.1) is 0 Å². The van der Waals surface area contributed by atoms with Gasteiger partial charge in [0.05, 0.1) is 19.3 Å². The average Bonchev–Trinajstić information content (AvgIpc) is 2.68. The van der Waals surface area contributed by atoms with Crippen molar-refractivity contribution in [3.63, 3.8) is 0 Å². The first-order chi connectivity index (χ1) is 12.2. The van der Waals surface area contributed by atoms with Crippen molar-refractivity contribution in [2.75, 3.05) is 45.9 Å². The maximum Gasteiger partial charge on any atom is 0.221 e. The second-order valence-corrected chi connectivity index (χ2v) is 7.17. The Balaban J connectivity index is 1.34. The first kappa shape index (κ1) is 18.4. The summed E-state index contributed by atoms with van der Waals surface area (Å²) < 4.78 is 5.44. The lowest BCUT2D eigenvalue weighted by Gasteiger charge is -2.40. The molecule has 0 radical (unpaired) electrons. The molecule has 2 aliphatic heterocycles. The number of amides is 1. The van der Waals surface area contributed by atoms with Gasteiger partial charge < -0.3 is 15.0 Å². The summed E-state index contributed by atoms with van der Waals surface area (Å²) in [5, 5.41) is 3.11. The molecule has 1 N–H and O–H groups in total. The minimum Gasteiger partial charge on any atom is -0.379 e. The molecule has 1 aromatic rings. The van der Waals surface area contributed by atoms with E-state index in [4.69, 9.17) is 4.74 Å². The quantitative estimate of drug-likeness (QED) is 0.857. The van der Waals surface area contributed by atoms with Crippen LogP contribution in [0.3, 0.4) is 0 Å². The number of ether oxygens (including phenoxy) is 1. The van der Waals surface area contributed by atoms with Crippen LogP contribution in [0.5, 0.6) is 0 Å². The van der Waals surface area contributed by atoms with Gasteiger partial charge in [-0.3, -0.25) is 9.69 Å². The first-order valence-corrected chi connectivity index (χ1v) is 9.61. The van der Waals surface area contributed by atoms with Crippen LogP contribution in [0.1, 0.15) is 37.8 Å². The predicted octanol–water partition coefficient (Wildman–Crippen LogP) is 2.05. The van der Waals surface area contributed by atoms with E-state index in [9.17, 15) is 4.79 Å². The number of benzene rings is 1. The maximum atomic E-state index is 12.2. The molecule has 25 heavy (non-hydrogen) atoms. The first-order valence-electron chi connectivity index (χ1n) is 9.61. The van der Waals surface area contributed by atoms with Crippen LogP contribution in [0.15, 0.2) is 30.3 Å². The van der Waals surface area contributed by atoms with E-state index >= 15 is 0 Å². The van der Waals surface area contributed by atoms with Crippen molar-refractivity contribution >= 4 is 5.91 Å². The minimum absolute atomic E-state index is 0.0701. The van der Waals surface area contributed by atoms with Crippen molar-refractivity contribution in [1.29, 1.82) is 0 Å². The number of rotatable bonds is 6. The molecule has 138 valence electrons. The Bertz CT molecular complexity index is 523. The highest BCUT2D eigenvalue weighted by atomic mass is 16.5. The zero-order valence-electron chi connectivity index (χ0n) is 15.3. The largest absolute Gasteiger partial charge is 0.379 e. The van der Waals surface area contributed by atoms with Crippen LogP contribution in [0, 0.1) is 0 Å². The molecule has 1 aromatic carbocycles. The summed E-state index contributed by atoms with van der Waals surface area (Å²) in [4.78, 5) is 17.2. The Morgan fingerprint density at radius 3 is 2.52 bits per heavy atom. The van der Waals surface area contributed by atoms with E-state index in [1.165, 1.54) is 12.8 Å². The number of nitrogens with one attached hydrogen (secondary N) is 1. The summed E-state index contributed by atoms with van der Waals surface area (Å²) in [6, 6.07) is 10.9. The molecule has 5 heteroatoms. The Morgan fingerprint density at radius 2 is 1.84 bits per heavy atom. The standard InChI is InChI=1S/C20H31N3O2/c1-17(18-5-3-2-4-6-18)21-20(24)9-12-22-10-7-19(8-11-22)23-13-15-25-16-14-23/h2-6,17,19H,7-16H2,1H3,(H,21,24)/t17-/m0/s1. The minimum atomic E-state index is 0.0701. The highest BCUT2D eigenvalue weighted by Gasteiger charge is 2.25. The number of carbonyl (C=O) groups is 1. The fourth-order valence-corrected chi connectivity index (χ4v) is 3.85. The van der Waals surface area contributed by atoms with Gasteiger partial charge in [-0.1, -0.05) is 30.3 Å².